The lowest BCUT2D eigenvalue weighted by atomic mass is 9.86. The van der Waals surface area contributed by atoms with Crippen LogP contribution in [0.5, 0.6) is 0 Å². The Hall–Kier alpha value is -2.62. The van der Waals surface area contributed by atoms with Gasteiger partial charge in [0.25, 0.3) is 5.91 Å². The van der Waals surface area contributed by atoms with Gasteiger partial charge in [0.2, 0.25) is 0 Å². The fraction of sp³-hybridized carbons (Fsp3) is 0.391. The molecule has 0 aliphatic heterocycles. The molecule has 0 fully saturated rings. The maximum atomic E-state index is 12.7. The van der Waals surface area contributed by atoms with Gasteiger partial charge in [-0.3, -0.25) is 9.59 Å². The first-order chi connectivity index (χ1) is 13.0. The third-order valence-electron chi connectivity index (χ3n) is 4.98. The van der Waals surface area contributed by atoms with Gasteiger partial charge in [-0.1, -0.05) is 75.7 Å². The zero-order valence-corrected chi connectivity index (χ0v) is 16.6. The molecule has 0 heterocycles. The van der Waals surface area contributed by atoms with Crippen molar-refractivity contribution in [3.63, 3.8) is 0 Å². The standard InChI is InChI=1S/C23H29NO3/c1-5-16(3)21(19-12-8-7-9-13-19)23(26)27-15-20(25)24-22-17(4)11-10-14-18(22)6-2/h7-14,16,21H,5-6,15H2,1-4H3,(H,24,25)/t16-,21+/m0/s1. The van der Waals surface area contributed by atoms with Crippen LogP contribution < -0.4 is 5.32 Å². The van der Waals surface area contributed by atoms with Gasteiger partial charge in [-0.2, -0.15) is 0 Å². The van der Waals surface area contributed by atoms with Gasteiger partial charge in [0.05, 0.1) is 5.92 Å². The number of carbonyl (C=O) groups excluding carboxylic acids is 2. The van der Waals surface area contributed by atoms with Gasteiger partial charge in [0, 0.05) is 5.69 Å². The number of benzene rings is 2. The van der Waals surface area contributed by atoms with Crippen molar-refractivity contribution in [1.82, 2.24) is 0 Å². The zero-order valence-electron chi connectivity index (χ0n) is 16.6. The monoisotopic (exact) mass is 367 g/mol. The van der Waals surface area contributed by atoms with Crippen LogP contribution in [0.1, 0.15) is 49.8 Å². The molecule has 2 aromatic carbocycles. The molecular formula is C23H29NO3. The first-order valence-electron chi connectivity index (χ1n) is 9.57. The number of nitrogens with one attached hydrogen (secondary N) is 1. The predicted molar refractivity (Wildman–Crippen MR) is 109 cm³/mol. The number of amides is 1. The lowest BCUT2D eigenvalue weighted by Crippen LogP contribution is -2.27. The molecule has 144 valence electrons. The highest BCUT2D eigenvalue weighted by Gasteiger charge is 2.27. The Morgan fingerprint density at radius 3 is 2.37 bits per heavy atom. The van der Waals surface area contributed by atoms with E-state index < -0.39 is 0 Å². The number of anilines is 1. The van der Waals surface area contributed by atoms with E-state index in [4.69, 9.17) is 4.74 Å². The number of ether oxygens (including phenoxy) is 1. The summed E-state index contributed by atoms with van der Waals surface area (Å²) in [6.45, 7) is 7.79. The molecule has 4 heteroatoms. The SMILES string of the molecule is CCc1cccc(C)c1NC(=O)COC(=O)[C@@H](c1ccccc1)[C@@H](C)CC. The highest BCUT2D eigenvalue weighted by Crippen LogP contribution is 2.28. The fourth-order valence-corrected chi connectivity index (χ4v) is 3.20. The van der Waals surface area contributed by atoms with E-state index >= 15 is 0 Å². The molecule has 1 N–H and O–H groups in total. The topological polar surface area (TPSA) is 55.4 Å². The Bertz CT molecular complexity index is 770. The van der Waals surface area contributed by atoms with Gasteiger partial charge in [0.15, 0.2) is 6.61 Å². The molecule has 0 aromatic heterocycles. The summed E-state index contributed by atoms with van der Waals surface area (Å²) in [4.78, 5) is 25.0. The van der Waals surface area contributed by atoms with Crippen molar-refractivity contribution < 1.29 is 14.3 Å². The number of rotatable bonds is 8. The summed E-state index contributed by atoms with van der Waals surface area (Å²) in [7, 11) is 0. The van der Waals surface area contributed by atoms with E-state index in [9.17, 15) is 9.59 Å². The molecule has 2 aromatic rings. The molecule has 0 spiro atoms. The molecule has 0 aliphatic carbocycles. The minimum Gasteiger partial charge on any atom is -0.455 e. The van der Waals surface area contributed by atoms with E-state index in [1.807, 2.05) is 76.2 Å². The Balaban J connectivity index is 2.04. The van der Waals surface area contributed by atoms with Crippen LogP contribution in [0.15, 0.2) is 48.5 Å². The maximum absolute atomic E-state index is 12.7. The quantitative estimate of drug-likeness (QED) is 0.677. The van der Waals surface area contributed by atoms with Crippen LogP contribution in [0.4, 0.5) is 5.69 Å². The molecule has 27 heavy (non-hydrogen) atoms. The second-order valence-corrected chi connectivity index (χ2v) is 6.89. The van der Waals surface area contributed by atoms with Gasteiger partial charge in [-0.05, 0) is 36.0 Å². The fourth-order valence-electron chi connectivity index (χ4n) is 3.20. The summed E-state index contributed by atoms with van der Waals surface area (Å²) in [5, 5.41) is 2.89. The lowest BCUT2D eigenvalue weighted by molar-refractivity contribution is -0.150. The average Bonchev–Trinajstić information content (AvgIpc) is 2.68. The second-order valence-electron chi connectivity index (χ2n) is 6.89. The molecule has 0 unspecified atom stereocenters. The third-order valence-corrected chi connectivity index (χ3v) is 4.98. The van der Waals surface area contributed by atoms with E-state index in [-0.39, 0.29) is 30.3 Å². The van der Waals surface area contributed by atoms with Crippen LogP contribution in [-0.4, -0.2) is 18.5 Å². The molecule has 2 atom stereocenters. The van der Waals surface area contributed by atoms with Gasteiger partial charge >= 0.3 is 5.97 Å². The van der Waals surface area contributed by atoms with E-state index in [1.54, 1.807) is 0 Å². The van der Waals surface area contributed by atoms with Crippen LogP contribution in [0.25, 0.3) is 0 Å². The number of aryl methyl sites for hydroxylation is 2. The van der Waals surface area contributed by atoms with Crippen LogP contribution >= 0.6 is 0 Å². The smallest absolute Gasteiger partial charge is 0.314 e. The van der Waals surface area contributed by atoms with E-state index in [2.05, 4.69) is 5.32 Å². The van der Waals surface area contributed by atoms with Crippen LogP contribution in [0.3, 0.4) is 0 Å². The summed E-state index contributed by atoms with van der Waals surface area (Å²) in [5.74, 6) is -0.908. The van der Waals surface area contributed by atoms with Crippen LogP contribution in [-0.2, 0) is 20.7 Å². The summed E-state index contributed by atoms with van der Waals surface area (Å²) < 4.78 is 5.38. The largest absolute Gasteiger partial charge is 0.455 e. The predicted octanol–water partition coefficient (Wildman–Crippen LogP) is 4.87. The first-order valence-corrected chi connectivity index (χ1v) is 9.57. The minimum atomic E-state index is -0.367. The van der Waals surface area contributed by atoms with Crippen molar-refractivity contribution in [2.75, 3.05) is 11.9 Å². The second kappa shape index (κ2) is 9.91. The molecular weight excluding hydrogens is 338 g/mol. The lowest BCUT2D eigenvalue weighted by Gasteiger charge is -2.22. The number of carbonyl (C=O) groups is 2. The molecule has 0 bridgehead atoms. The van der Waals surface area contributed by atoms with Crippen LogP contribution in [0, 0.1) is 12.8 Å². The van der Waals surface area contributed by atoms with Crippen molar-refractivity contribution in [2.45, 2.75) is 46.5 Å². The summed E-state index contributed by atoms with van der Waals surface area (Å²) >= 11 is 0. The van der Waals surface area contributed by atoms with E-state index in [0.717, 1.165) is 35.2 Å². The molecule has 1 amide bonds. The molecule has 2 rings (SSSR count). The Kier molecular flexibility index (Phi) is 7.59. The third kappa shape index (κ3) is 5.43. The zero-order chi connectivity index (χ0) is 19.8. The van der Waals surface area contributed by atoms with Crippen molar-refractivity contribution >= 4 is 17.6 Å². The molecule has 0 saturated carbocycles. The molecule has 0 radical (unpaired) electrons. The maximum Gasteiger partial charge on any atom is 0.314 e. The number of hydrogen-bond donors (Lipinski definition) is 1. The van der Waals surface area contributed by atoms with E-state index in [1.165, 1.54) is 0 Å². The Labute approximate surface area is 161 Å². The Morgan fingerprint density at radius 2 is 1.74 bits per heavy atom. The van der Waals surface area contributed by atoms with Crippen molar-refractivity contribution in [1.29, 1.82) is 0 Å². The summed E-state index contributed by atoms with van der Waals surface area (Å²) in [5.41, 5.74) is 3.79. The minimum absolute atomic E-state index is 0.131. The number of esters is 1. The number of hydrogen-bond acceptors (Lipinski definition) is 3. The average molecular weight is 367 g/mol. The molecule has 4 nitrogen and oxygen atoms in total. The summed E-state index contributed by atoms with van der Waals surface area (Å²) in [6.07, 6.45) is 1.67. The van der Waals surface area contributed by atoms with Crippen molar-refractivity contribution in [3.05, 3.63) is 65.2 Å². The van der Waals surface area contributed by atoms with Gasteiger partial charge in [0.1, 0.15) is 0 Å². The van der Waals surface area contributed by atoms with Crippen molar-refractivity contribution in [3.8, 4) is 0 Å². The van der Waals surface area contributed by atoms with Gasteiger partial charge in [-0.15, -0.1) is 0 Å². The highest BCUT2D eigenvalue weighted by molar-refractivity contribution is 5.94. The highest BCUT2D eigenvalue weighted by atomic mass is 16.5. The first kappa shape index (κ1) is 20.7. The Morgan fingerprint density at radius 1 is 1.04 bits per heavy atom. The van der Waals surface area contributed by atoms with Gasteiger partial charge < -0.3 is 10.1 Å². The molecule has 0 aliphatic rings. The van der Waals surface area contributed by atoms with Crippen molar-refractivity contribution in [2.24, 2.45) is 5.92 Å². The molecule has 0 saturated heterocycles. The normalized spacial score (nSPS) is 12.9. The van der Waals surface area contributed by atoms with E-state index in [0.29, 0.717) is 0 Å². The summed E-state index contributed by atoms with van der Waals surface area (Å²) in [6, 6.07) is 15.5. The van der Waals surface area contributed by atoms with Gasteiger partial charge in [-0.25, -0.2) is 0 Å². The number of para-hydroxylation sites is 1. The van der Waals surface area contributed by atoms with Crippen LogP contribution in [0.2, 0.25) is 0 Å².